The minimum Gasteiger partial charge on any atom is -0.469 e. The second-order valence-electron chi connectivity index (χ2n) is 5.30. The Morgan fingerprint density at radius 3 is 2.71 bits per heavy atom. The molecule has 3 heteroatoms. The van der Waals surface area contributed by atoms with Crippen molar-refractivity contribution in [2.75, 3.05) is 7.11 Å². The van der Waals surface area contributed by atoms with E-state index in [1.165, 1.54) is 26.4 Å². The summed E-state index contributed by atoms with van der Waals surface area (Å²) in [6.07, 6.45) is 8.40. The van der Waals surface area contributed by atoms with Gasteiger partial charge in [-0.05, 0) is 31.1 Å². The van der Waals surface area contributed by atoms with E-state index < -0.39 is 0 Å². The van der Waals surface area contributed by atoms with Gasteiger partial charge in [0.15, 0.2) is 0 Å². The summed E-state index contributed by atoms with van der Waals surface area (Å²) in [5, 5.41) is 0. The quantitative estimate of drug-likeness (QED) is 0.459. The summed E-state index contributed by atoms with van der Waals surface area (Å²) in [5.74, 6) is 1.61. The van der Waals surface area contributed by atoms with Crippen molar-refractivity contribution in [2.45, 2.75) is 51.9 Å². The van der Waals surface area contributed by atoms with Gasteiger partial charge < -0.3 is 9.53 Å². The summed E-state index contributed by atoms with van der Waals surface area (Å²) in [6, 6.07) is 0. The fraction of sp³-hybridized carbons (Fsp3) is 0.857. The highest BCUT2D eigenvalue weighted by Crippen LogP contribution is 2.40. The Bertz CT molecular complexity index is 250. The third-order valence-corrected chi connectivity index (χ3v) is 3.73. The highest BCUT2D eigenvalue weighted by molar-refractivity contribution is 5.68. The van der Waals surface area contributed by atoms with Gasteiger partial charge in [0.25, 0.3) is 0 Å². The summed E-state index contributed by atoms with van der Waals surface area (Å²) in [5.41, 5.74) is 0. The number of carbonyl (C=O) groups is 2. The van der Waals surface area contributed by atoms with Gasteiger partial charge in [-0.2, -0.15) is 0 Å². The molecule has 0 saturated heterocycles. The van der Waals surface area contributed by atoms with Gasteiger partial charge in [-0.15, -0.1) is 0 Å². The molecule has 0 aromatic heterocycles. The first-order chi connectivity index (χ1) is 8.17. The molecule has 3 nitrogen and oxygen atoms in total. The first kappa shape index (κ1) is 14.2. The van der Waals surface area contributed by atoms with Crippen LogP contribution < -0.4 is 0 Å². The molecule has 98 valence electrons. The molecule has 0 N–H and O–H groups in total. The molecule has 1 saturated carbocycles. The highest BCUT2D eigenvalue weighted by atomic mass is 16.5. The van der Waals surface area contributed by atoms with Gasteiger partial charge in [-0.25, -0.2) is 0 Å². The summed E-state index contributed by atoms with van der Waals surface area (Å²) in [6.45, 7) is 2.24. The SMILES string of the molecule is COC(=O)CCCC(C)CCCC1CC1C=O. The first-order valence-electron chi connectivity index (χ1n) is 6.69. The van der Waals surface area contributed by atoms with Crippen molar-refractivity contribution in [3.8, 4) is 0 Å². The van der Waals surface area contributed by atoms with Crippen molar-refractivity contribution in [1.82, 2.24) is 0 Å². The minimum atomic E-state index is -0.107. The lowest BCUT2D eigenvalue weighted by Crippen LogP contribution is -2.02. The van der Waals surface area contributed by atoms with E-state index in [2.05, 4.69) is 11.7 Å². The number of methoxy groups -OCH3 is 1. The fourth-order valence-corrected chi connectivity index (χ4v) is 2.34. The summed E-state index contributed by atoms with van der Waals surface area (Å²) in [7, 11) is 1.44. The van der Waals surface area contributed by atoms with Gasteiger partial charge >= 0.3 is 5.97 Å². The zero-order chi connectivity index (χ0) is 12.7. The third kappa shape index (κ3) is 5.85. The number of rotatable bonds is 9. The maximum absolute atomic E-state index is 10.9. The maximum atomic E-state index is 10.9. The van der Waals surface area contributed by atoms with Crippen molar-refractivity contribution < 1.29 is 14.3 Å². The van der Waals surface area contributed by atoms with Crippen LogP contribution >= 0.6 is 0 Å². The molecule has 0 aromatic rings. The van der Waals surface area contributed by atoms with E-state index in [4.69, 9.17) is 0 Å². The summed E-state index contributed by atoms with van der Waals surface area (Å²) < 4.78 is 4.61. The second kappa shape index (κ2) is 7.46. The molecule has 1 aliphatic rings. The summed E-state index contributed by atoms with van der Waals surface area (Å²) >= 11 is 0. The van der Waals surface area contributed by atoms with Crippen LogP contribution in [-0.4, -0.2) is 19.4 Å². The van der Waals surface area contributed by atoms with Crippen molar-refractivity contribution in [3.05, 3.63) is 0 Å². The molecule has 3 atom stereocenters. The summed E-state index contributed by atoms with van der Waals surface area (Å²) in [4.78, 5) is 21.4. The molecule has 0 aliphatic heterocycles. The second-order valence-corrected chi connectivity index (χ2v) is 5.30. The third-order valence-electron chi connectivity index (χ3n) is 3.73. The van der Waals surface area contributed by atoms with Gasteiger partial charge in [0, 0.05) is 12.3 Å². The van der Waals surface area contributed by atoms with E-state index in [0.717, 1.165) is 25.5 Å². The van der Waals surface area contributed by atoms with Crippen LogP contribution in [0.15, 0.2) is 0 Å². The average molecular weight is 240 g/mol. The lowest BCUT2D eigenvalue weighted by molar-refractivity contribution is -0.140. The van der Waals surface area contributed by atoms with Gasteiger partial charge in [-0.3, -0.25) is 4.79 Å². The Kier molecular flexibility index (Phi) is 6.23. The molecule has 17 heavy (non-hydrogen) atoms. The predicted molar refractivity (Wildman–Crippen MR) is 66.5 cm³/mol. The monoisotopic (exact) mass is 240 g/mol. The fourth-order valence-electron chi connectivity index (χ4n) is 2.34. The molecule has 3 unspecified atom stereocenters. The molecule has 1 aliphatic carbocycles. The minimum absolute atomic E-state index is 0.107. The lowest BCUT2D eigenvalue weighted by Gasteiger charge is -2.10. The van der Waals surface area contributed by atoms with E-state index in [1.807, 2.05) is 0 Å². The Morgan fingerprint density at radius 2 is 2.12 bits per heavy atom. The molecule has 0 heterocycles. The molecule has 0 bridgehead atoms. The number of carbonyl (C=O) groups excluding carboxylic acids is 2. The molecule has 1 rings (SSSR count). The molecule has 0 spiro atoms. The largest absolute Gasteiger partial charge is 0.469 e. The molecule has 0 amide bonds. The highest BCUT2D eigenvalue weighted by Gasteiger charge is 2.35. The van der Waals surface area contributed by atoms with Crippen molar-refractivity contribution >= 4 is 12.3 Å². The van der Waals surface area contributed by atoms with Gasteiger partial charge in [0.1, 0.15) is 6.29 Å². The first-order valence-corrected chi connectivity index (χ1v) is 6.69. The Labute approximate surface area is 104 Å². The van der Waals surface area contributed by atoms with Crippen LogP contribution in [0, 0.1) is 17.8 Å². The van der Waals surface area contributed by atoms with E-state index in [1.54, 1.807) is 0 Å². The molecule has 0 aromatic carbocycles. The average Bonchev–Trinajstić information content (AvgIpc) is 3.07. The van der Waals surface area contributed by atoms with Crippen molar-refractivity contribution in [1.29, 1.82) is 0 Å². The Balaban J connectivity index is 1.92. The van der Waals surface area contributed by atoms with Crippen LogP contribution in [-0.2, 0) is 14.3 Å². The molecule has 1 fully saturated rings. The predicted octanol–water partition coefficient (Wildman–Crippen LogP) is 2.97. The van der Waals surface area contributed by atoms with E-state index in [-0.39, 0.29) is 5.97 Å². The number of ether oxygens (including phenoxy) is 1. The van der Waals surface area contributed by atoms with Gasteiger partial charge in [-0.1, -0.05) is 26.2 Å². The zero-order valence-electron chi connectivity index (χ0n) is 11.0. The van der Waals surface area contributed by atoms with Crippen molar-refractivity contribution in [3.63, 3.8) is 0 Å². The number of aldehydes is 1. The smallest absolute Gasteiger partial charge is 0.305 e. The van der Waals surface area contributed by atoms with Crippen molar-refractivity contribution in [2.24, 2.45) is 17.8 Å². The van der Waals surface area contributed by atoms with Crippen LogP contribution in [0.3, 0.4) is 0 Å². The number of esters is 1. The topological polar surface area (TPSA) is 43.4 Å². The van der Waals surface area contributed by atoms with E-state index >= 15 is 0 Å². The van der Waals surface area contributed by atoms with E-state index in [9.17, 15) is 9.59 Å². The van der Waals surface area contributed by atoms with Crippen LogP contribution in [0.5, 0.6) is 0 Å². The zero-order valence-corrected chi connectivity index (χ0v) is 11.0. The van der Waals surface area contributed by atoms with Crippen LogP contribution in [0.2, 0.25) is 0 Å². The molecular weight excluding hydrogens is 216 g/mol. The standard InChI is InChI=1S/C14H24O3/c1-11(6-4-8-14(16)17-2)5-3-7-12-9-13(12)10-15/h10-13H,3-9H2,1-2H3. The Morgan fingerprint density at radius 1 is 1.41 bits per heavy atom. The van der Waals surface area contributed by atoms with Crippen LogP contribution in [0.4, 0.5) is 0 Å². The van der Waals surface area contributed by atoms with Gasteiger partial charge in [0.2, 0.25) is 0 Å². The normalized spacial score (nSPS) is 24.1. The molecule has 0 radical (unpaired) electrons. The van der Waals surface area contributed by atoms with E-state index in [0.29, 0.717) is 24.2 Å². The van der Waals surface area contributed by atoms with Crippen LogP contribution in [0.25, 0.3) is 0 Å². The Hall–Kier alpha value is -0.860. The number of hydrogen-bond donors (Lipinski definition) is 0. The van der Waals surface area contributed by atoms with Crippen LogP contribution in [0.1, 0.15) is 51.9 Å². The van der Waals surface area contributed by atoms with Gasteiger partial charge in [0.05, 0.1) is 7.11 Å². The maximum Gasteiger partial charge on any atom is 0.305 e. The molecular formula is C14H24O3. The lowest BCUT2D eigenvalue weighted by atomic mass is 9.97. The number of hydrogen-bond acceptors (Lipinski definition) is 3.